The Labute approximate surface area is 106 Å². The van der Waals surface area contributed by atoms with Crippen LogP contribution in [0.4, 0.5) is 4.79 Å². The van der Waals surface area contributed by atoms with E-state index in [2.05, 4.69) is 20.8 Å². The zero-order valence-corrected chi connectivity index (χ0v) is 12.0. The zero-order chi connectivity index (χ0) is 13.3. The van der Waals surface area contributed by atoms with Gasteiger partial charge in [-0.15, -0.1) is 0 Å². The lowest BCUT2D eigenvalue weighted by Gasteiger charge is -2.21. The molecule has 0 aromatic carbocycles. The van der Waals surface area contributed by atoms with E-state index in [1.165, 1.54) is 19.3 Å². The van der Waals surface area contributed by atoms with E-state index in [0.29, 0.717) is 5.92 Å². The summed E-state index contributed by atoms with van der Waals surface area (Å²) < 4.78 is 10.3. The summed E-state index contributed by atoms with van der Waals surface area (Å²) in [4.78, 5) is 11.4. The molecule has 3 nitrogen and oxygen atoms in total. The maximum Gasteiger partial charge on any atom is 0.508 e. The molecule has 0 spiro atoms. The standard InChI is InChI=1S/C14H28O3/c1-6-7-8-9-10-13(11(2)3)17-14(15)16-12(4)5/h11-13H,6-10H2,1-5H3. The number of carbonyl (C=O) groups excluding carboxylic acids is 1. The summed E-state index contributed by atoms with van der Waals surface area (Å²) in [6, 6.07) is 0. The van der Waals surface area contributed by atoms with Crippen molar-refractivity contribution in [3.05, 3.63) is 0 Å². The second kappa shape index (κ2) is 9.32. The minimum absolute atomic E-state index is 0.0156. The number of hydrogen-bond acceptors (Lipinski definition) is 3. The normalized spacial score (nSPS) is 12.9. The summed E-state index contributed by atoms with van der Waals surface area (Å²) in [7, 11) is 0. The molecular formula is C14H28O3. The van der Waals surface area contributed by atoms with Crippen molar-refractivity contribution in [2.45, 2.75) is 78.9 Å². The van der Waals surface area contributed by atoms with Crippen LogP contribution in [0.1, 0.15) is 66.7 Å². The van der Waals surface area contributed by atoms with E-state index in [0.717, 1.165) is 12.8 Å². The van der Waals surface area contributed by atoms with Crippen molar-refractivity contribution in [3.63, 3.8) is 0 Å². The van der Waals surface area contributed by atoms with Crippen molar-refractivity contribution >= 4 is 6.16 Å². The Balaban J connectivity index is 3.93. The first kappa shape index (κ1) is 16.3. The molecule has 0 rings (SSSR count). The van der Waals surface area contributed by atoms with Crippen LogP contribution in [0.3, 0.4) is 0 Å². The number of hydrogen-bond donors (Lipinski definition) is 0. The first-order chi connectivity index (χ1) is 7.97. The van der Waals surface area contributed by atoms with Gasteiger partial charge in [0.25, 0.3) is 0 Å². The summed E-state index contributed by atoms with van der Waals surface area (Å²) >= 11 is 0. The average Bonchev–Trinajstić information content (AvgIpc) is 2.21. The third-order valence-electron chi connectivity index (χ3n) is 2.67. The van der Waals surface area contributed by atoms with Crippen LogP contribution in [0, 0.1) is 5.92 Å². The Morgan fingerprint density at radius 2 is 1.65 bits per heavy atom. The molecule has 1 atom stereocenters. The molecule has 0 saturated carbocycles. The third kappa shape index (κ3) is 9.02. The van der Waals surface area contributed by atoms with Gasteiger partial charge in [0.05, 0.1) is 6.10 Å². The van der Waals surface area contributed by atoms with Crippen molar-refractivity contribution in [1.29, 1.82) is 0 Å². The second-order valence-corrected chi connectivity index (χ2v) is 5.17. The average molecular weight is 244 g/mol. The molecule has 1 unspecified atom stereocenters. The van der Waals surface area contributed by atoms with Gasteiger partial charge in [0.2, 0.25) is 0 Å². The van der Waals surface area contributed by atoms with Crippen LogP contribution < -0.4 is 0 Å². The van der Waals surface area contributed by atoms with Crippen molar-refractivity contribution in [3.8, 4) is 0 Å². The molecule has 17 heavy (non-hydrogen) atoms. The number of unbranched alkanes of at least 4 members (excludes halogenated alkanes) is 3. The SMILES string of the molecule is CCCCCCC(OC(=O)OC(C)C)C(C)C. The van der Waals surface area contributed by atoms with Gasteiger partial charge in [-0.2, -0.15) is 0 Å². The van der Waals surface area contributed by atoms with Crippen LogP contribution in [-0.2, 0) is 9.47 Å². The second-order valence-electron chi connectivity index (χ2n) is 5.17. The lowest BCUT2D eigenvalue weighted by Crippen LogP contribution is -2.25. The van der Waals surface area contributed by atoms with E-state index in [1.807, 2.05) is 13.8 Å². The monoisotopic (exact) mass is 244 g/mol. The predicted molar refractivity (Wildman–Crippen MR) is 70.1 cm³/mol. The Morgan fingerprint density at radius 1 is 1.00 bits per heavy atom. The Morgan fingerprint density at radius 3 is 2.12 bits per heavy atom. The van der Waals surface area contributed by atoms with Gasteiger partial charge in [0.15, 0.2) is 0 Å². The lowest BCUT2D eigenvalue weighted by molar-refractivity contribution is -0.00983. The highest BCUT2D eigenvalue weighted by molar-refractivity contribution is 5.60. The summed E-state index contributed by atoms with van der Waals surface area (Å²) in [6.45, 7) is 10.00. The number of rotatable bonds is 8. The van der Waals surface area contributed by atoms with E-state index in [9.17, 15) is 4.79 Å². The molecule has 0 aromatic rings. The highest BCUT2D eigenvalue weighted by atomic mass is 16.7. The van der Waals surface area contributed by atoms with Crippen LogP contribution in [0.25, 0.3) is 0 Å². The van der Waals surface area contributed by atoms with E-state index in [-0.39, 0.29) is 12.2 Å². The smallest absolute Gasteiger partial charge is 0.432 e. The molecule has 0 heterocycles. The summed E-state index contributed by atoms with van der Waals surface area (Å²) in [5, 5.41) is 0. The largest absolute Gasteiger partial charge is 0.508 e. The van der Waals surface area contributed by atoms with Crippen molar-refractivity contribution < 1.29 is 14.3 Å². The van der Waals surface area contributed by atoms with Gasteiger partial charge >= 0.3 is 6.16 Å². The van der Waals surface area contributed by atoms with Gasteiger partial charge in [-0.25, -0.2) is 4.79 Å². The van der Waals surface area contributed by atoms with Gasteiger partial charge in [0.1, 0.15) is 6.10 Å². The molecule has 0 saturated heterocycles. The first-order valence-electron chi connectivity index (χ1n) is 6.84. The van der Waals surface area contributed by atoms with E-state index < -0.39 is 6.16 Å². The first-order valence-corrected chi connectivity index (χ1v) is 6.84. The van der Waals surface area contributed by atoms with Crippen molar-refractivity contribution in [2.75, 3.05) is 0 Å². The van der Waals surface area contributed by atoms with Crippen LogP contribution in [0.2, 0.25) is 0 Å². The molecule has 0 aromatic heterocycles. The van der Waals surface area contributed by atoms with Gasteiger partial charge < -0.3 is 9.47 Å². The molecule has 0 bridgehead atoms. The molecular weight excluding hydrogens is 216 g/mol. The van der Waals surface area contributed by atoms with Gasteiger partial charge in [0, 0.05) is 0 Å². The Bertz CT molecular complexity index is 200. The van der Waals surface area contributed by atoms with Gasteiger partial charge in [-0.3, -0.25) is 0 Å². The minimum Gasteiger partial charge on any atom is -0.432 e. The molecule has 0 radical (unpaired) electrons. The molecule has 0 N–H and O–H groups in total. The number of carbonyl (C=O) groups is 1. The fourth-order valence-corrected chi connectivity index (χ4v) is 1.64. The van der Waals surface area contributed by atoms with E-state index >= 15 is 0 Å². The van der Waals surface area contributed by atoms with Crippen molar-refractivity contribution in [1.82, 2.24) is 0 Å². The summed E-state index contributed by atoms with van der Waals surface area (Å²) in [5.41, 5.74) is 0. The lowest BCUT2D eigenvalue weighted by atomic mass is 10.0. The summed E-state index contributed by atoms with van der Waals surface area (Å²) in [5.74, 6) is 0.344. The van der Waals surface area contributed by atoms with Gasteiger partial charge in [-0.1, -0.05) is 40.0 Å². The van der Waals surface area contributed by atoms with Crippen LogP contribution in [0.15, 0.2) is 0 Å². The molecule has 0 aliphatic heterocycles. The maximum absolute atomic E-state index is 11.4. The molecule has 102 valence electrons. The quantitative estimate of drug-likeness (QED) is 0.464. The molecule has 3 heteroatoms. The molecule has 0 fully saturated rings. The molecule has 0 amide bonds. The fourth-order valence-electron chi connectivity index (χ4n) is 1.64. The van der Waals surface area contributed by atoms with Gasteiger partial charge in [-0.05, 0) is 32.6 Å². The minimum atomic E-state index is -0.533. The predicted octanol–water partition coefficient (Wildman–Crippen LogP) is 4.54. The third-order valence-corrected chi connectivity index (χ3v) is 2.67. The topological polar surface area (TPSA) is 35.5 Å². The Hall–Kier alpha value is -0.730. The zero-order valence-electron chi connectivity index (χ0n) is 12.0. The van der Waals surface area contributed by atoms with Crippen LogP contribution in [0.5, 0.6) is 0 Å². The maximum atomic E-state index is 11.4. The van der Waals surface area contributed by atoms with Crippen molar-refractivity contribution in [2.24, 2.45) is 5.92 Å². The highest BCUT2D eigenvalue weighted by Crippen LogP contribution is 2.16. The van der Waals surface area contributed by atoms with Crippen LogP contribution >= 0.6 is 0 Å². The van der Waals surface area contributed by atoms with E-state index in [1.54, 1.807) is 0 Å². The molecule has 0 aliphatic carbocycles. The number of ether oxygens (including phenoxy) is 2. The van der Waals surface area contributed by atoms with Crippen LogP contribution in [-0.4, -0.2) is 18.4 Å². The highest BCUT2D eigenvalue weighted by Gasteiger charge is 2.19. The fraction of sp³-hybridized carbons (Fsp3) is 0.929. The molecule has 0 aliphatic rings. The Kier molecular flexibility index (Phi) is 8.92. The summed E-state index contributed by atoms with van der Waals surface area (Å²) in [6.07, 6.45) is 5.07. The van der Waals surface area contributed by atoms with E-state index in [4.69, 9.17) is 9.47 Å².